The summed E-state index contributed by atoms with van der Waals surface area (Å²) in [6.45, 7) is 0. The molecule has 0 fully saturated rings. The largest absolute Gasteiger partial charge is 0.454 e. The van der Waals surface area contributed by atoms with E-state index in [0.717, 1.165) is 5.56 Å². The van der Waals surface area contributed by atoms with Gasteiger partial charge in [-0.15, -0.1) is 0 Å². The second-order valence-electron chi connectivity index (χ2n) is 4.17. The van der Waals surface area contributed by atoms with Gasteiger partial charge in [0, 0.05) is 0 Å². The number of rotatable bonds is 4. The Morgan fingerprint density at radius 2 is 1.90 bits per heavy atom. The van der Waals surface area contributed by atoms with Crippen molar-refractivity contribution < 1.29 is 9.53 Å². The molecule has 0 saturated heterocycles. The molecule has 0 radical (unpaired) electrons. The van der Waals surface area contributed by atoms with Crippen LogP contribution in [0.4, 0.5) is 5.69 Å². The molecule has 2 aromatic carbocycles. The number of nitrogens with two attached hydrogens (primary N) is 2. The molecule has 1 amide bonds. The van der Waals surface area contributed by atoms with Crippen molar-refractivity contribution in [2.75, 3.05) is 5.73 Å². The van der Waals surface area contributed by atoms with Crippen LogP contribution in [0, 0.1) is 11.3 Å². The topological polar surface area (TPSA) is 102 Å². The molecule has 5 nitrogen and oxygen atoms in total. The predicted molar refractivity (Wildman–Crippen MR) is 75.2 cm³/mol. The molecule has 5 heteroatoms. The Labute approximate surface area is 116 Å². The van der Waals surface area contributed by atoms with E-state index in [1.54, 1.807) is 42.5 Å². The van der Waals surface area contributed by atoms with Crippen LogP contribution < -0.4 is 16.2 Å². The normalized spacial score (nSPS) is 9.75. The molecule has 2 aromatic rings. The van der Waals surface area contributed by atoms with Gasteiger partial charge in [0.25, 0.3) is 5.91 Å². The average Bonchev–Trinajstić information content (AvgIpc) is 2.43. The Morgan fingerprint density at radius 1 is 1.20 bits per heavy atom. The molecule has 20 heavy (non-hydrogen) atoms. The summed E-state index contributed by atoms with van der Waals surface area (Å²) < 4.78 is 5.63. The summed E-state index contributed by atoms with van der Waals surface area (Å²) in [6, 6.07) is 13.9. The zero-order valence-corrected chi connectivity index (χ0v) is 10.7. The second-order valence-corrected chi connectivity index (χ2v) is 4.17. The van der Waals surface area contributed by atoms with Gasteiger partial charge < -0.3 is 16.2 Å². The molecule has 0 spiro atoms. The van der Waals surface area contributed by atoms with Gasteiger partial charge in [-0.3, -0.25) is 4.79 Å². The first kappa shape index (κ1) is 13.4. The van der Waals surface area contributed by atoms with Crippen LogP contribution in [-0.2, 0) is 6.42 Å². The third-order valence-corrected chi connectivity index (χ3v) is 2.74. The van der Waals surface area contributed by atoms with E-state index in [1.165, 1.54) is 0 Å². The molecule has 4 N–H and O–H groups in total. The van der Waals surface area contributed by atoms with Crippen LogP contribution in [0.25, 0.3) is 0 Å². The standard InChI is InChI=1S/C15H13N3O2/c16-9-8-10-4-6-11(7-5-10)20-14-12(15(18)19)2-1-3-13(14)17/h1-7H,8,17H2,(H2,18,19). The summed E-state index contributed by atoms with van der Waals surface area (Å²) in [6.07, 6.45) is 0.334. The number of hydrogen-bond donors (Lipinski definition) is 2. The van der Waals surface area contributed by atoms with E-state index in [2.05, 4.69) is 6.07 Å². The van der Waals surface area contributed by atoms with Crippen molar-refractivity contribution in [3.63, 3.8) is 0 Å². The van der Waals surface area contributed by atoms with E-state index in [9.17, 15) is 4.79 Å². The Balaban J connectivity index is 2.30. The molecule has 0 unspecified atom stereocenters. The van der Waals surface area contributed by atoms with E-state index in [1.807, 2.05) is 0 Å². The van der Waals surface area contributed by atoms with Crippen molar-refractivity contribution in [1.29, 1.82) is 5.26 Å². The quantitative estimate of drug-likeness (QED) is 0.829. The van der Waals surface area contributed by atoms with Crippen molar-refractivity contribution >= 4 is 11.6 Å². The number of carbonyl (C=O) groups is 1. The number of nitriles is 1. The lowest BCUT2D eigenvalue weighted by atomic mass is 10.1. The lowest BCUT2D eigenvalue weighted by molar-refractivity contribution is 0.0998. The lowest BCUT2D eigenvalue weighted by Crippen LogP contribution is -2.13. The number of nitrogens with zero attached hydrogens (tertiary/aromatic N) is 1. The van der Waals surface area contributed by atoms with E-state index in [0.29, 0.717) is 17.9 Å². The molecule has 0 atom stereocenters. The van der Waals surface area contributed by atoms with Gasteiger partial charge in [0.15, 0.2) is 5.75 Å². The third kappa shape index (κ3) is 2.87. The highest BCUT2D eigenvalue weighted by Gasteiger charge is 2.13. The first-order valence-electron chi connectivity index (χ1n) is 5.94. The van der Waals surface area contributed by atoms with E-state index in [-0.39, 0.29) is 11.3 Å². The fourth-order valence-corrected chi connectivity index (χ4v) is 1.75. The van der Waals surface area contributed by atoms with Crippen molar-refractivity contribution in [2.45, 2.75) is 6.42 Å². The monoisotopic (exact) mass is 267 g/mol. The minimum Gasteiger partial charge on any atom is -0.454 e. The zero-order chi connectivity index (χ0) is 14.5. The second kappa shape index (κ2) is 5.76. The maximum absolute atomic E-state index is 11.4. The van der Waals surface area contributed by atoms with Crippen molar-refractivity contribution in [3.05, 3.63) is 53.6 Å². The summed E-state index contributed by atoms with van der Waals surface area (Å²) in [5.74, 6) is 0.161. The van der Waals surface area contributed by atoms with Crippen LogP contribution in [0.15, 0.2) is 42.5 Å². The molecular formula is C15H13N3O2. The number of primary amides is 1. The summed E-state index contributed by atoms with van der Waals surface area (Å²) in [5.41, 5.74) is 12.5. The van der Waals surface area contributed by atoms with Gasteiger partial charge in [-0.2, -0.15) is 5.26 Å². The van der Waals surface area contributed by atoms with Crippen molar-refractivity contribution in [3.8, 4) is 17.6 Å². The number of benzene rings is 2. The van der Waals surface area contributed by atoms with Gasteiger partial charge in [-0.1, -0.05) is 18.2 Å². The van der Waals surface area contributed by atoms with Gasteiger partial charge in [-0.25, -0.2) is 0 Å². The molecule has 0 aliphatic carbocycles. The highest BCUT2D eigenvalue weighted by Crippen LogP contribution is 2.31. The summed E-state index contributed by atoms with van der Waals surface area (Å²) in [4.78, 5) is 11.4. The maximum Gasteiger partial charge on any atom is 0.252 e. The summed E-state index contributed by atoms with van der Waals surface area (Å²) in [7, 11) is 0. The van der Waals surface area contributed by atoms with Crippen LogP contribution in [-0.4, -0.2) is 5.91 Å². The van der Waals surface area contributed by atoms with E-state index < -0.39 is 5.91 Å². The Morgan fingerprint density at radius 3 is 2.50 bits per heavy atom. The van der Waals surface area contributed by atoms with E-state index in [4.69, 9.17) is 21.5 Å². The molecule has 0 aromatic heterocycles. The number of anilines is 1. The van der Waals surface area contributed by atoms with Crippen LogP contribution in [0.2, 0.25) is 0 Å². The zero-order valence-electron chi connectivity index (χ0n) is 10.7. The van der Waals surface area contributed by atoms with Crippen LogP contribution in [0.1, 0.15) is 15.9 Å². The van der Waals surface area contributed by atoms with Gasteiger partial charge in [0.05, 0.1) is 23.7 Å². The van der Waals surface area contributed by atoms with Gasteiger partial charge in [-0.05, 0) is 29.8 Å². The molecule has 0 heterocycles. The Kier molecular flexibility index (Phi) is 3.87. The number of hydrogen-bond acceptors (Lipinski definition) is 4. The smallest absolute Gasteiger partial charge is 0.252 e. The first-order valence-corrected chi connectivity index (χ1v) is 5.94. The number of amides is 1. The molecule has 0 saturated carbocycles. The minimum atomic E-state index is -0.603. The van der Waals surface area contributed by atoms with Gasteiger partial charge >= 0.3 is 0 Å². The highest BCUT2D eigenvalue weighted by atomic mass is 16.5. The Hall–Kier alpha value is -3.00. The van der Waals surface area contributed by atoms with Crippen molar-refractivity contribution in [1.82, 2.24) is 0 Å². The lowest BCUT2D eigenvalue weighted by Gasteiger charge is -2.11. The van der Waals surface area contributed by atoms with Gasteiger partial charge in [0.2, 0.25) is 0 Å². The van der Waals surface area contributed by atoms with E-state index >= 15 is 0 Å². The molecule has 0 bridgehead atoms. The Bertz CT molecular complexity index is 673. The molecule has 2 rings (SSSR count). The highest BCUT2D eigenvalue weighted by molar-refractivity contribution is 5.97. The molecule has 0 aliphatic heterocycles. The maximum atomic E-state index is 11.4. The summed E-state index contributed by atoms with van der Waals surface area (Å²) >= 11 is 0. The van der Waals surface area contributed by atoms with Gasteiger partial charge in [0.1, 0.15) is 5.75 Å². The van der Waals surface area contributed by atoms with Crippen molar-refractivity contribution in [2.24, 2.45) is 5.73 Å². The molecule has 0 aliphatic rings. The molecule has 100 valence electrons. The predicted octanol–water partition coefficient (Wildman–Crippen LogP) is 2.23. The molecular weight excluding hydrogens is 254 g/mol. The fourth-order valence-electron chi connectivity index (χ4n) is 1.75. The van der Waals surface area contributed by atoms with Crippen LogP contribution in [0.3, 0.4) is 0 Å². The number of nitrogen functional groups attached to an aromatic ring is 1. The SMILES string of the molecule is N#CCc1ccc(Oc2c(N)cccc2C(N)=O)cc1. The fraction of sp³-hybridized carbons (Fsp3) is 0.0667. The number of carbonyl (C=O) groups excluding carboxylic acids is 1. The first-order chi connectivity index (χ1) is 9.61. The van der Waals surface area contributed by atoms with Crippen LogP contribution in [0.5, 0.6) is 11.5 Å². The third-order valence-electron chi connectivity index (χ3n) is 2.74. The summed E-state index contributed by atoms with van der Waals surface area (Å²) in [5, 5.41) is 8.61. The number of para-hydroxylation sites is 1. The average molecular weight is 267 g/mol. The number of ether oxygens (including phenoxy) is 1. The minimum absolute atomic E-state index is 0.228. The van der Waals surface area contributed by atoms with Crippen LogP contribution >= 0.6 is 0 Å².